The maximum Gasteiger partial charge on any atom is 0.149 e. The number of phenolic OH excluding ortho intramolecular Hbond substituents is 1. The normalized spacial score (nSPS) is 12.7. The topological polar surface area (TPSA) is 46.0 Å². The van der Waals surface area contributed by atoms with Crippen LogP contribution in [0.4, 0.5) is 4.39 Å². The van der Waals surface area contributed by atoms with Crippen LogP contribution < -0.4 is 0 Å². The third kappa shape index (κ3) is 5.70. The lowest BCUT2D eigenvalue weighted by Crippen LogP contribution is -1.96. The number of hydrogen-bond donors (Lipinski definition) is 1. The third-order valence-electron chi connectivity index (χ3n) is 8.53. The summed E-state index contributed by atoms with van der Waals surface area (Å²) in [5.41, 5.74) is 9.01. The average Bonchev–Trinajstić information content (AvgIpc) is 3.52. The van der Waals surface area contributed by atoms with Gasteiger partial charge >= 0.3 is 0 Å². The predicted octanol–water partition coefficient (Wildman–Crippen LogP) is 11.5. The minimum Gasteiger partial charge on any atom is -0.507 e. The van der Waals surface area contributed by atoms with Crippen molar-refractivity contribution in [3.05, 3.63) is 150 Å². The van der Waals surface area contributed by atoms with E-state index in [1.807, 2.05) is 111 Å². The number of para-hydroxylation sites is 1. The summed E-state index contributed by atoms with van der Waals surface area (Å²) >= 11 is 1.53. The van der Waals surface area contributed by atoms with Crippen LogP contribution >= 0.6 is 11.3 Å². The molecule has 1 atom stereocenters. The Kier molecular flexibility index (Phi) is 7.61. The molecule has 7 rings (SSSR count). The fourth-order valence-corrected chi connectivity index (χ4v) is 6.91. The zero-order valence-corrected chi connectivity index (χ0v) is 26.6. The van der Waals surface area contributed by atoms with Gasteiger partial charge in [0.2, 0.25) is 0 Å². The molecule has 5 heteroatoms. The van der Waals surface area contributed by atoms with E-state index in [9.17, 15) is 9.50 Å². The summed E-state index contributed by atoms with van der Waals surface area (Å²) in [5, 5.41) is 11.9. The molecule has 0 saturated heterocycles. The van der Waals surface area contributed by atoms with Crippen molar-refractivity contribution >= 4 is 21.6 Å². The van der Waals surface area contributed by atoms with Gasteiger partial charge in [-0.05, 0) is 70.1 Å². The number of rotatable bonds is 7. The highest BCUT2D eigenvalue weighted by atomic mass is 32.1. The molecule has 3 nitrogen and oxygen atoms in total. The van der Waals surface area contributed by atoms with E-state index in [1.165, 1.54) is 23.1 Å². The predicted molar refractivity (Wildman–Crippen MR) is 189 cm³/mol. The van der Waals surface area contributed by atoms with Gasteiger partial charge in [-0.15, -0.1) is 11.3 Å². The van der Waals surface area contributed by atoms with E-state index in [0.717, 1.165) is 48.6 Å². The summed E-state index contributed by atoms with van der Waals surface area (Å²) in [6.07, 6.45) is 1.27. The van der Waals surface area contributed by atoms with E-state index < -0.39 is 5.89 Å². The van der Waals surface area contributed by atoms with Gasteiger partial charge in [-0.25, -0.2) is 9.37 Å². The highest BCUT2D eigenvalue weighted by Crippen LogP contribution is 2.41. The minimum absolute atomic E-state index is 0.139. The van der Waals surface area contributed by atoms with Crippen molar-refractivity contribution in [1.82, 2.24) is 9.97 Å². The molecular weight excluding hydrogens is 588 g/mol. The van der Waals surface area contributed by atoms with E-state index in [2.05, 4.69) is 30.1 Å². The van der Waals surface area contributed by atoms with Gasteiger partial charge in [0, 0.05) is 24.0 Å². The van der Waals surface area contributed by atoms with Crippen LogP contribution in [0.15, 0.2) is 128 Å². The summed E-state index contributed by atoms with van der Waals surface area (Å²) in [4.78, 5) is 9.53. The van der Waals surface area contributed by atoms with E-state index in [1.54, 1.807) is 6.07 Å². The Morgan fingerprint density at radius 1 is 0.674 bits per heavy atom. The number of pyridine rings is 1. The molecular formula is C41H33FN2OS. The molecule has 0 saturated carbocycles. The summed E-state index contributed by atoms with van der Waals surface area (Å²) in [6, 6.07) is 39.4. The van der Waals surface area contributed by atoms with E-state index in [-0.39, 0.29) is 17.5 Å². The number of nitrogens with zero attached hydrogens (tertiary/aromatic N) is 2. The maximum atomic E-state index is 15.0. The Hall–Kier alpha value is -5.13. The van der Waals surface area contributed by atoms with Crippen molar-refractivity contribution < 1.29 is 10.9 Å². The Morgan fingerprint density at radius 2 is 1.41 bits per heavy atom. The Balaban J connectivity index is 1.31. The number of benzene rings is 5. The first-order valence-electron chi connectivity index (χ1n) is 15.8. The molecule has 5 aromatic carbocycles. The van der Waals surface area contributed by atoms with Crippen LogP contribution in [0.2, 0.25) is 0 Å². The Bertz CT molecular complexity index is 2230. The summed E-state index contributed by atoms with van der Waals surface area (Å²) in [5.74, 6) is -0.941. The fourth-order valence-electron chi connectivity index (χ4n) is 5.88. The monoisotopic (exact) mass is 621 g/mol. The van der Waals surface area contributed by atoms with E-state index in [0.29, 0.717) is 16.8 Å². The molecule has 0 fully saturated rings. The molecule has 0 aliphatic carbocycles. The van der Waals surface area contributed by atoms with Gasteiger partial charge in [-0.2, -0.15) is 0 Å². The van der Waals surface area contributed by atoms with Crippen LogP contribution in [0.1, 0.15) is 50.6 Å². The summed E-state index contributed by atoms with van der Waals surface area (Å²) in [7, 11) is 0. The van der Waals surface area contributed by atoms with Gasteiger partial charge < -0.3 is 5.11 Å². The number of phenols is 1. The lowest BCUT2D eigenvalue weighted by molar-refractivity contribution is 0.476. The van der Waals surface area contributed by atoms with Crippen LogP contribution in [-0.4, -0.2) is 15.1 Å². The van der Waals surface area contributed by atoms with Crippen LogP contribution in [0, 0.1) is 5.82 Å². The minimum atomic E-state index is -0.890. The second-order valence-corrected chi connectivity index (χ2v) is 12.8. The Labute approximate surface area is 274 Å². The van der Waals surface area contributed by atoms with Crippen molar-refractivity contribution in [2.75, 3.05) is 0 Å². The molecule has 1 unspecified atom stereocenters. The van der Waals surface area contributed by atoms with Crippen molar-refractivity contribution in [2.45, 2.75) is 32.6 Å². The van der Waals surface area contributed by atoms with Crippen molar-refractivity contribution in [2.24, 2.45) is 0 Å². The molecule has 0 aliphatic heterocycles. The van der Waals surface area contributed by atoms with Gasteiger partial charge in [-0.3, -0.25) is 4.98 Å². The smallest absolute Gasteiger partial charge is 0.149 e. The number of thiazole rings is 1. The number of hydrogen-bond acceptors (Lipinski definition) is 4. The van der Waals surface area contributed by atoms with E-state index >= 15 is 0 Å². The number of aromatic hydroxyl groups is 1. The molecule has 226 valence electrons. The van der Waals surface area contributed by atoms with E-state index in [4.69, 9.17) is 6.35 Å². The van der Waals surface area contributed by atoms with Crippen LogP contribution in [-0.2, 0) is 0 Å². The first kappa shape index (κ1) is 28.4. The van der Waals surface area contributed by atoms with Gasteiger partial charge in [0.15, 0.2) is 0 Å². The highest BCUT2D eigenvalue weighted by Gasteiger charge is 2.18. The lowest BCUT2D eigenvalue weighted by Gasteiger charge is -2.14. The third-order valence-corrected chi connectivity index (χ3v) is 9.58. The second kappa shape index (κ2) is 12.3. The molecule has 1 N–H and O–H groups in total. The number of fused-ring (bicyclic) bond motifs is 1. The molecule has 2 heterocycles. The van der Waals surface area contributed by atoms with Gasteiger partial charge in [0.1, 0.15) is 16.6 Å². The second-order valence-electron chi connectivity index (χ2n) is 11.8. The molecule has 46 heavy (non-hydrogen) atoms. The lowest BCUT2D eigenvalue weighted by atomic mass is 9.92. The zero-order chi connectivity index (χ0) is 32.7. The Morgan fingerprint density at radius 3 is 2.15 bits per heavy atom. The molecule has 0 spiro atoms. The van der Waals surface area contributed by atoms with Crippen LogP contribution in [0.3, 0.4) is 0 Å². The standard InChI is InChI=1S/C41H33FN2OS/c1-25(2)30-19-31(21-32(20-30)37-23-35(36(42)24-43-37)28-13-8-5-9-14-28)33-15-10-16-39-40(33)44-41(46-39)34-18-17-29(22-38(34)45)26(3)27-11-6-4-7-12-27/h4-26,45H,1-3H3/i25D. The first-order valence-corrected chi connectivity index (χ1v) is 16.1. The fraction of sp³-hybridized carbons (Fsp3) is 0.122. The quantitative estimate of drug-likeness (QED) is 0.193. The molecule has 0 amide bonds. The van der Waals surface area contributed by atoms with Crippen molar-refractivity contribution in [3.63, 3.8) is 0 Å². The molecule has 0 bridgehead atoms. The SMILES string of the molecule is [2H]C(C)(C)c1cc(-c2cc(-c3ccccc3)c(F)cn2)cc(-c2cccc3sc(-c4ccc(C(C)c5ccccc5)cc4O)nc23)c1. The van der Waals surface area contributed by atoms with Gasteiger partial charge in [0.25, 0.3) is 0 Å². The first-order chi connectivity index (χ1) is 22.7. The van der Waals surface area contributed by atoms with Crippen LogP contribution in [0.5, 0.6) is 5.75 Å². The number of aromatic nitrogens is 2. The summed E-state index contributed by atoms with van der Waals surface area (Å²) in [6.45, 7) is 5.85. The van der Waals surface area contributed by atoms with Gasteiger partial charge in [-0.1, -0.05) is 106 Å². The van der Waals surface area contributed by atoms with Crippen molar-refractivity contribution in [1.29, 1.82) is 0 Å². The maximum absolute atomic E-state index is 15.0. The van der Waals surface area contributed by atoms with Crippen molar-refractivity contribution in [3.8, 4) is 49.8 Å². The highest BCUT2D eigenvalue weighted by molar-refractivity contribution is 7.21. The average molecular weight is 622 g/mol. The molecule has 7 aromatic rings. The molecule has 0 radical (unpaired) electrons. The molecule has 2 aromatic heterocycles. The van der Waals surface area contributed by atoms with Crippen LogP contribution in [0.25, 0.3) is 54.3 Å². The zero-order valence-electron chi connectivity index (χ0n) is 26.8. The van der Waals surface area contributed by atoms with Gasteiger partial charge in [0.05, 0.1) is 27.7 Å². The molecule has 0 aliphatic rings. The summed E-state index contributed by atoms with van der Waals surface area (Å²) < 4.78 is 24.8. The largest absolute Gasteiger partial charge is 0.507 e. The number of halogens is 1.